The van der Waals surface area contributed by atoms with Crippen molar-refractivity contribution >= 4 is 16.6 Å². The summed E-state index contributed by atoms with van der Waals surface area (Å²) in [7, 11) is 4.19. The number of benzene rings is 3. The van der Waals surface area contributed by atoms with Crippen LogP contribution in [0.25, 0.3) is 10.9 Å². The minimum absolute atomic E-state index is 0.0122. The zero-order valence-electron chi connectivity index (χ0n) is 20.7. The van der Waals surface area contributed by atoms with Gasteiger partial charge in [-0.2, -0.15) is 0 Å². The molecule has 2 atom stereocenters. The number of nitrogens with zero attached hydrogens (tertiary/aromatic N) is 1. The Labute approximate surface area is 211 Å². The van der Waals surface area contributed by atoms with Crippen LogP contribution < -0.4 is 16.2 Å². The van der Waals surface area contributed by atoms with Gasteiger partial charge < -0.3 is 30.7 Å². The highest BCUT2D eigenvalue weighted by atomic mass is 16.3. The maximum Gasteiger partial charge on any atom is 0.248 e. The zero-order valence-corrected chi connectivity index (χ0v) is 20.7. The van der Waals surface area contributed by atoms with Crippen molar-refractivity contribution in [1.29, 1.82) is 0 Å². The lowest BCUT2D eigenvalue weighted by molar-refractivity contribution is 0.176. The maximum absolute atomic E-state index is 11.6. The molecule has 0 bridgehead atoms. The van der Waals surface area contributed by atoms with Gasteiger partial charge in [0, 0.05) is 30.2 Å². The van der Waals surface area contributed by atoms with Gasteiger partial charge in [-0.25, -0.2) is 0 Å². The highest BCUT2D eigenvalue weighted by Crippen LogP contribution is 2.28. The van der Waals surface area contributed by atoms with Gasteiger partial charge in [0.1, 0.15) is 5.75 Å². The third-order valence-corrected chi connectivity index (χ3v) is 6.46. The lowest BCUT2D eigenvalue weighted by atomic mass is 10.0. The molecular weight excluding hydrogens is 452 g/mol. The molecule has 36 heavy (non-hydrogen) atoms. The minimum atomic E-state index is -0.764. The molecule has 1 heterocycles. The predicted octanol–water partition coefficient (Wildman–Crippen LogP) is 3.81. The van der Waals surface area contributed by atoms with Crippen molar-refractivity contribution in [2.45, 2.75) is 18.6 Å². The SMILES string of the molecule is CN(C)C(CNc1ccc(CCNC[C@H](O)c2ccc(O)c3[nH]c(=O)ccc23)cc1)c1ccccc1. The van der Waals surface area contributed by atoms with Crippen LogP contribution in [0.5, 0.6) is 5.75 Å². The second kappa shape index (κ2) is 11.9. The van der Waals surface area contributed by atoms with E-state index in [-0.39, 0.29) is 17.4 Å². The number of aromatic nitrogens is 1. The van der Waals surface area contributed by atoms with Gasteiger partial charge in [-0.3, -0.25) is 4.79 Å². The molecule has 0 fully saturated rings. The van der Waals surface area contributed by atoms with Crippen LogP contribution in [0.1, 0.15) is 28.8 Å². The van der Waals surface area contributed by atoms with Crippen LogP contribution in [0, 0.1) is 0 Å². The zero-order chi connectivity index (χ0) is 25.5. The third kappa shape index (κ3) is 6.31. The van der Waals surface area contributed by atoms with Crippen LogP contribution in [0.4, 0.5) is 5.69 Å². The van der Waals surface area contributed by atoms with E-state index in [9.17, 15) is 15.0 Å². The van der Waals surface area contributed by atoms with Crippen molar-refractivity contribution in [3.63, 3.8) is 0 Å². The normalized spacial score (nSPS) is 13.1. The van der Waals surface area contributed by atoms with Crippen LogP contribution in [0.3, 0.4) is 0 Å². The molecule has 188 valence electrons. The number of phenols is 1. The fraction of sp³-hybridized carbons (Fsp3) is 0.276. The van der Waals surface area contributed by atoms with E-state index < -0.39 is 6.10 Å². The largest absolute Gasteiger partial charge is 0.506 e. The van der Waals surface area contributed by atoms with Crippen LogP contribution in [-0.4, -0.2) is 53.8 Å². The molecular formula is C29H34N4O3. The van der Waals surface area contributed by atoms with Crippen LogP contribution in [0.15, 0.2) is 83.7 Å². The number of rotatable bonds is 11. The van der Waals surface area contributed by atoms with E-state index in [1.54, 1.807) is 12.1 Å². The number of fused-ring (bicyclic) bond motifs is 1. The van der Waals surface area contributed by atoms with Gasteiger partial charge in [-0.05, 0) is 68.0 Å². The summed E-state index contributed by atoms with van der Waals surface area (Å²) in [5, 5.41) is 28.2. The number of aliphatic hydroxyl groups is 1. The maximum atomic E-state index is 11.6. The fourth-order valence-electron chi connectivity index (χ4n) is 4.41. The summed E-state index contributed by atoms with van der Waals surface area (Å²) in [5.41, 5.74) is 4.29. The first kappa shape index (κ1) is 25.4. The molecule has 1 unspecified atom stereocenters. The van der Waals surface area contributed by atoms with E-state index >= 15 is 0 Å². The van der Waals surface area contributed by atoms with Crippen molar-refractivity contribution in [2.75, 3.05) is 39.0 Å². The summed E-state index contributed by atoms with van der Waals surface area (Å²) in [6, 6.07) is 25.4. The van der Waals surface area contributed by atoms with Gasteiger partial charge in [0.15, 0.2) is 0 Å². The number of phenolic OH excluding ortho intramolecular Hbond substituents is 1. The third-order valence-electron chi connectivity index (χ3n) is 6.46. The Kier molecular flexibility index (Phi) is 8.38. The highest BCUT2D eigenvalue weighted by molar-refractivity contribution is 5.87. The molecule has 7 nitrogen and oxygen atoms in total. The van der Waals surface area contributed by atoms with E-state index in [4.69, 9.17) is 0 Å². The van der Waals surface area contributed by atoms with E-state index in [1.807, 2.05) is 6.07 Å². The molecule has 0 amide bonds. The quantitative estimate of drug-likeness (QED) is 0.207. The van der Waals surface area contributed by atoms with E-state index in [0.717, 1.165) is 18.7 Å². The second-order valence-electron chi connectivity index (χ2n) is 9.22. The molecule has 0 saturated carbocycles. The average molecular weight is 487 g/mol. The smallest absolute Gasteiger partial charge is 0.248 e. The highest BCUT2D eigenvalue weighted by Gasteiger charge is 2.14. The Morgan fingerprint density at radius 1 is 0.917 bits per heavy atom. The Morgan fingerprint density at radius 2 is 1.67 bits per heavy atom. The monoisotopic (exact) mass is 486 g/mol. The molecule has 7 heteroatoms. The second-order valence-corrected chi connectivity index (χ2v) is 9.22. The fourth-order valence-corrected chi connectivity index (χ4v) is 4.41. The average Bonchev–Trinajstić information content (AvgIpc) is 2.88. The van der Waals surface area contributed by atoms with Crippen molar-refractivity contribution in [2.24, 2.45) is 0 Å². The van der Waals surface area contributed by atoms with E-state index in [0.29, 0.717) is 29.6 Å². The molecule has 3 aromatic carbocycles. The molecule has 5 N–H and O–H groups in total. The molecule has 4 aromatic rings. The number of anilines is 1. The number of likely N-dealkylation sites (N-methyl/N-ethyl adjacent to an activating group) is 1. The Balaban J connectivity index is 1.26. The van der Waals surface area contributed by atoms with Crippen LogP contribution in [-0.2, 0) is 6.42 Å². The summed E-state index contributed by atoms with van der Waals surface area (Å²) < 4.78 is 0. The topological polar surface area (TPSA) is 101 Å². The van der Waals surface area contributed by atoms with Gasteiger partial charge in [0.05, 0.1) is 17.7 Å². The van der Waals surface area contributed by atoms with Crippen LogP contribution >= 0.6 is 0 Å². The Morgan fingerprint density at radius 3 is 2.39 bits per heavy atom. The summed E-state index contributed by atoms with van der Waals surface area (Å²) in [6.45, 7) is 1.90. The number of aromatic hydroxyl groups is 1. The first-order valence-corrected chi connectivity index (χ1v) is 12.2. The number of aliphatic hydroxyl groups excluding tert-OH is 1. The summed E-state index contributed by atoms with van der Waals surface area (Å²) in [4.78, 5) is 16.4. The summed E-state index contributed by atoms with van der Waals surface area (Å²) in [5.74, 6) is -0.0122. The first-order valence-electron chi connectivity index (χ1n) is 12.2. The number of pyridine rings is 1. The summed E-state index contributed by atoms with van der Waals surface area (Å²) >= 11 is 0. The molecule has 1 aromatic heterocycles. The first-order chi connectivity index (χ1) is 17.4. The number of hydrogen-bond acceptors (Lipinski definition) is 6. The van der Waals surface area contributed by atoms with E-state index in [1.165, 1.54) is 23.3 Å². The van der Waals surface area contributed by atoms with Crippen molar-refractivity contribution in [3.8, 4) is 5.75 Å². The Hall–Kier alpha value is -3.65. The van der Waals surface area contributed by atoms with Crippen molar-refractivity contribution in [1.82, 2.24) is 15.2 Å². The number of nitrogens with one attached hydrogen (secondary N) is 3. The number of aromatic amines is 1. The minimum Gasteiger partial charge on any atom is -0.506 e. The van der Waals surface area contributed by atoms with Gasteiger partial charge in [0.25, 0.3) is 0 Å². The van der Waals surface area contributed by atoms with Gasteiger partial charge in [0.2, 0.25) is 5.56 Å². The van der Waals surface area contributed by atoms with Crippen LogP contribution in [0.2, 0.25) is 0 Å². The standard InChI is InChI=1S/C29H34N4O3/c1-33(2)25(21-6-4-3-5-7-21)18-31-22-10-8-20(9-11-22)16-17-30-19-27(35)23-12-14-26(34)29-24(23)13-15-28(36)32-29/h3-15,25,27,30-31,34-35H,16-19H2,1-2H3,(H,32,36)/t25?,27-/m0/s1. The van der Waals surface area contributed by atoms with Crippen molar-refractivity contribution < 1.29 is 10.2 Å². The number of hydrogen-bond donors (Lipinski definition) is 5. The lowest BCUT2D eigenvalue weighted by Crippen LogP contribution is -2.26. The molecule has 4 rings (SSSR count). The molecule has 0 saturated heterocycles. The van der Waals surface area contributed by atoms with Gasteiger partial charge in [-0.1, -0.05) is 48.5 Å². The molecule has 0 aliphatic heterocycles. The molecule has 0 aliphatic carbocycles. The van der Waals surface area contributed by atoms with Gasteiger partial charge >= 0.3 is 0 Å². The summed E-state index contributed by atoms with van der Waals surface area (Å²) in [6.07, 6.45) is 0.0703. The molecule has 0 radical (unpaired) electrons. The number of H-pyrrole nitrogens is 1. The van der Waals surface area contributed by atoms with Crippen molar-refractivity contribution in [3.05, 3.63) is 106 Å². The Bertz CT molecular complexity index is 1320. The lowest BCUT2D eigenvalue weighted by Gasteiger charge is -2.25. The molecule has 0 spiro atoms. The molecule has 0 aliphatic rings. The van der Waals surface area contributed by atoms with E-state index in [2.05, 4.69) is 83.1 Å². The van der Waals surface area contributed by atoms with Gasteiger partial charge in [-0.15, -0.1) is 0 Å². The predicted molar refractivity (Wildman–Crippen MR) is 146 cm³/mol.